The summed E-state index contributed by atoms with van der Waals surface area (Å²) in [6.45, 7) is 7.53. The smallest absolute Gasteiger partial charge is 0.347 e. The molecule has 0 spiro atoms. The fourth-order valence-electron chi connectivity index (χ4n) is 2.88. The van der Waals surface area contributed by atoms with Gasteiger partial charge < -0.3 is 18.6 Å². The lowest BCUT2D eigenvalue weighted by Crippen LogP contribution is -2.26. The predicted molar refractivity (Wildman–Crippen MR) is 110 cm³/mol. The lowest BCUT2D eigenvalue weighted by molar-refractivity contribution is -0.150. The molecule has 6 nitrogen and oxygen atoms in total. The van der Waals surface area contributed by atoms with E-state index < -0.39 is 12.1 Å². The van der Waals surface area contributed by atoms with Crippen LogP contribution in [0, 0.1) is 0 Å². The van der Waals surface area contributed by atoms with Crippen molar-refractivity contribution in [1.29, 1.82) is 0 Å². The van der Waals surface area contributed by atoms with Crippen LogP contribution < -0.4 is 14.9 Å². The van der Waals surface area contributed by atoms with E-state index >= 15 is 0 Å². The Hall–Kier alpha value is -3.28. The molecule has 1 heterocycles. The van der Waals surface area contributed by atoms with Crippen LogP contribution >= 0.6 is 0 Å². The van der Waals surface area contributed by atoms with Crippen molar-refractivity contribution >= 4 is 16.9 Å². The zero-order chi connectivity index (χ0) is 21.0. The van der Waals surface area contributed by atoms with E-state index in [0.29, 0.717) is 22.3 Å². The van der Waals surface area contributed by atoms with Gasteiger partial charge in [-0.1, -0.05) is 12.1 Å². The van der Waals surface area contributed by atoms with Crippen LogP contribution in [0.3, 0.4) is 0 Å². The van der Waals surface area contributed by atoms with E-state index in [1.54, 1.807) is 32.0 Å². The fraction of sp³-hybridized carbons (Fsp3) is 0.304. The maximum absolute atomic E-state index is 12.9. The molecule has 0 N–H and O–H groups in total. The molecule has 3 aromatic rings. The lowest BCUT2D eigenvalue weighted by atomic mass is 10.1. The average Bonchev–Trinajstić information content (AvgIpc) is 2.69. The number of esters is 1. The minimum absolute atomic E-state index is 0.0783. The van der Waals surface area contributed by atoms with Crippen molar-refractivity contribution in [2.24, 2.45) is 0 Å². The molecule has 0 radical (unpaired) electrons. The first-order chi connectivity index (χ1) is 13.9. The van der Waals surface area contributed by atoms with Gasteiger partial charge in [0.25, 0.3) is 0 Å². The molecular formula is C23H24O6. The van der Waals surface area contributed by atoms with Crippen LogP contribution in [0.2, 0.25) is 0 Å². The molecule has 0 saturated carbocycles. The molecule has 2 aromatic carbocycles. The Labute approximate surface area is 169 Å². The summed E-state index contributed by atoms with van der Waals surface area (Å²) in [5.74, 6) is 0.713. The molecule has 0 aliphatic heterocycles. The fourth-order valence-corrected chi connectivity index (χ4v) is 2.88. The second kappa shape index (κ2) is 8.82. The number of ether oxygens (including phenoxy) is 3. The highest BCUT2D eigenvalue weighted by molar-refractivity contribution is 5.83. The second-order valence-electron chi connectivity index (χ2n) is 6.84. The quantitative estimate of drug-likeness (QED) is 0.544. The summed E-state index contributed by atoms with van der Waals surface area (Å²) in [6.07, 6.45) is 0.751. The first kappa shape index (κ1) is 20.5. The number of carbonyl (C=O) groups is 1. The van der Waals surface area contributed by atoms with Crippen LogP contribution in [0.15, 0.2) is 57.9 Å². The maximum Gasteiger partial charge on any atom is 0.347 e. The first-order valence-corrected chi connectivity index (χ1v) is 9.55. The molecule has 0 amide bonds. The molecule has 0 aliphatic rings. The van der Waals surface area contributed by atoms with Crippen LogP contribution in [-0.4, -0.2) is 24.8 Å². The Morgan fingerprint density at radius 2 is 1.69 bits per heavy atom. The molecular weight excluding hydrogens is 372 g/mol. The van der Waals surface area contributed by atoms with Crippen molar-refractivity contribution in [3.05, 3.63) is 59.0 Å². The molecule has 0 saturated heterocycles. The summed E-state index contributed by atoms with van der Waals surface area (Å²) in [5.41, 5.74) is 1.44. The van der Waals surface area contributed by atoms with E-state index in [1.807, 2.05) is 38.1 Å². The van der Waals surface area contributed by atoms with Gasteiger partial charge in [0.15, 0.2) is 11.5 Å². The Kier molecular flexibility index (Phi) is 6.22. The average molecular weight is 396 g/mol. The molecule has 0 unspecified atom stereocenters. The molecule has 6 heteroatoms. The summed E-state index contributed by atoms with van der Waals surface area (Å²) < 4.78 is 21.8. The summed E-state index contributed by atoms with van der Waals surface area (Å²) >= 11 is 0. The third-order valence-electron chi connectivity index (χ3n) is 4.21. The number of rotatable bonds is 7. The minimum atomic E-state index is -0.759. The highest BCUT2D eigenvalue weighted by Gasteiger charge is 2.17. The van der Waals surface area contributed by atoms with Crippen molar-refractivity contribution in [3.63, 3.8) is 0 Å². The topological polar surface area (TPSA) is 75.0 Å². The van der Waals surface area contributed by atoms with Gasteiger partial charge in [0.1, 0.15) is 23.3 Å². The van der Waals surface area contributed by atoms with E-state index in [4.69, 9.17) is 18.6 Å². The van der Waals surface area contributed by atoms with Crippen molar-refractivity contribution in [2.75, 3.05) is 6.61 Å². The first-order valence-electron chi connectivity index (χ1n) is 9.55. The minimum Gasteiger partial charge on any atom is -0.491 e. The Morgan fingerprint density at radius 3 is 2.34 bits per heavy atom. The normalized spacial score (nSPS) is 12.0. The van der Waals surface area contributed by atoms with Crippen molar-refractivity contribution in [2.45, 2.75) is 39.9 Å². The molecule has 0 fully saturated rings. The number of carbonyl (C=O) groups excluding carboxylic acids is 1. The Balaban J connectivity index is 1.87. The predicted octanol–water partition coefficient (Wildman–Crippen LogP) is 4.58. The largest absolute Gasteiger partial charge is 0.491 e. The van der Waals surface area contributed by atoms with Gasteiger partial charge in [-0.3, -0.25) is 4.79 Å². The number of benzene rings is 2. The van der Waals surface area contributed by atoms with Gasteiger partial charge in [0, 0.05) is 6.07 Å². The third-order valence-corrected chi connectivity index (χ3v) is 4.21. The van der Waals surface area contributed by atoms with Crippen molar-refractivity contribution < 1.29 is 23.4 Å². The van der Waals surface area contributed by atoms with E-state index in [-0.39, 0.29) is 18.1 Å². The molecule has 1 atom stereocenters. The van der Waals surface area contributed by atoms with Crippen molar-refractivity contribution in [1.82, 2.24) is 0 Å². The Morgan fingerprint density at radius 1 is 1.00 bits per heavy atom. The number of hydrogen-bond donors (Lipinski definition) is 0. The van der Waals surface area contributed by atoms with Crippen LogP contribution in [0.4, 0.5) is 0 Å². The number of fused-ring (bicyclic) bond motifs is 1. The number of hydrogen-bond acceptors (Lipinski definition) is 6. The van der Waals surface area contributed by atoms with E-state index in [9.17, 15) is 9.59 Å². The molecule has 0 bridgehead atoms. The standard InChI is InChI=1S/C23H24O6/c1-5-26-23(25)15(4)29-18-10-11-19-21(12-18)27-13-20(22(19)24)16-6-8-17(9-7-16)28-14(2)3/h6-15H,5H2,1-4H3/t15-/m0/s1. The zero-order valence-electron chi connectivity index (χ0n) is 16.9. The van der Waals surface area contributed by atoms with Crippen LogP contribution in [0.25, 0.3) is 22.1 Å². The van der Waals surface area contributed by atoms with Crippen LogP contribution in [0.1, 0.15) is 27.7 Å². The summed E-state index contributed by atoms with van der Waals surface area (Å²) in [4.78, 5) is 24.6. The van der Waals surface area contributed by atoms with Gasteiger partial charge in [0.05, 0.1) is 23.7 Å². The second-order valence-corrected chi connectivity index (χ2v) is 6.84. The van der Waals surface area contributed by atoms with E-state index in [2.05, 4.69) is 0 Å². The third kappa shape index (κ3) is 4.77. The summed E-state index contributed by atoms with van der Waals surface area (Å²) in [5, 5.41) is 0.432. The van der Waals surface area contributed by atoms with Gasteiger partial charge in [-0.05, 0) is 57.5 Å². The van der Waals surface area contributed by atoms with Crippen LogP contribution in [0.5, 0.6) is 11.5 Å². The molecule has 0 aliphatic carbocycles. The molecule has 152 valence electrons. The Bertz CT molecular complexity index is 1050. The maximum atomic E-state index is 12.9. The monoisotopic (exact) mass is 396 g/mol. The highest BCUT2D eigenvalue weighted by Crippen LogP contribution is 2.25. The van der Waals surface area contributed by atoms with Gasteiger partial charge in [0.2, 0.25) is 0 Å². The lowest BCUT2D eigenvalue weighted by Gasteiger charge is -2.13. The molecule has 29 heavy (non-hydrogen) atoms. The van der Waals surface area contributed by atoms with Crippen LogP contribution in [-0.2, 0) is 9.53 Å². The van der Waals surface area contributed by atoms with Crippen molar-refractivity contribution in [3.8, 4) is 22.6 Å². The summed E-state index contributed by atoms with van der Waals surface area (Å²) in [6, 6.07) is 12.2. The van der Waals surface area contributed by atoms with Gasteiger partial charge in [-0.25, -0.2) is 4.79 Å². The summed E-state index contributed by atoms with van der Waals surface area (Å²) in [7, 11) is 0. The molecule has 3 rings (SSSR count). The molecule has 1 aromatic heterocycles. The van der Waals surface area contributed by atoms with Gasteiger partial charge in [-0.2, -0.15) is 0 Å². The SMILES string of the molecule is CCOC(=O)[C@H](C)Oc1ccc2c(=O)c(-c3ccc(OC(C)C)cc3)coc2c1. The van der Waals surface area contributed by atoms with Gasteiger partial charge in [-0.15, -0.1) is 0 Å². The van der Waals surface area contributed by atoms with E-state index in [1.165, 1.54) is 6.26 Å². The highest BCUT2D eigenvalue weighted by atomic mass is 16.6. The van der Waals surface area contributed by atoms with E-state index in [0.717, 1.165) is 11.3 Å². The van der Waals surface area contributed by atoms with Gasteiger partial charge >= 0.3 is 5.97 Å². The zero-order valence-corrected chi connectivity index (χ0v) is 16.9.